The van der Waals surface area contributed by atoms with Crippen molar-refractivity contribution in [2.75, 3.05) is 6.54 Å². The van der Waals surface area contributed by atoms with Crippen LogP contribution in [0.1, 0.15) is 11.1 Å². The first-order valence-electron chi connectivity index (χ1n) is 10.7. The van der Waals surface area contributed by atoms with Gasteiger partial charge in [0.1, 0.15) is 11.6 Å². The summed E-state index contributed by atoms with van der Waals surface area (Å²) < 4.78 is 13.4. The molecule has 5 rings (SSSR count). The lowest BCUT2D eigenvalue weighted by atomic mass is 10.0. The Kier molecular flexibility index (Phi) is 5.73. The average Bonchev–Trinajstić information content (AvgIpc) is 3.26. The maximum absolute atomic E-state index is 13.4. The van der Waals surface area contributed by atoms with E-state index in [4.69, 9.17) is 0 Å². The summed E-state index contributed by atoms with van der Waals surface area (Å²) in [6, 6.07) is 25.6. The SMILES string of the molecule is Fc1ccc2nc(-c3ccc(-c4ccc(CNCCc5ccncc5)cc4)cc3)[nH]c2c1. The third kappa shape index (κ3) is 4.58. The van der Waals surface area contributed by atoms with Gasteiger partial charge in [0.05, 0.1) is 11.0 Å². The number of benzene rings is 3. The number of halogens is 1. The van der Waals surface area contributed by atoms with Crippen LogP contribution in [0, 0.1) is 5.82 Å². The molecule has 2 N–H and O–H groups in total. The molecule has 0 aliphatic rings. The zero-order valence-corrected chi connectivity index (χ0v) is 17.6. The maximum atomic E-state index is 13.4. The van der Waals surface area contributed by atoms with E-state index in [-0.39, 0.29) is 5.82 Å². The molecule has 32 heavy (non-hydrogen) atoms. The molecule has 0 amide bonds. The number of aromatic nitrogens is 3. The minimum atomic E-state index is -0.268. The highest BCUT2D eigenvalue weighted by atomic mass is 19.1. The van der Waals surface area contributed by atoms with Gasteiger partial charge in [0.15, 0.2) is 0 Å². The number of pyridine rings is 1. The Morgan fingerprint density at radius 1 is 0.750 bits per heavy atom. The Bertz CT molecular complexity index is 1310. The van der Waals surface area contributed by atoms with Gasteiger partial charge in [0, 0.05) is 24.5 Å². The number of imidazole rings is 1. The second kappa shape index (κ2) is 9.12. The molecular weight excluding hydrogens is 399 g/mol. The number of nitrogens with zero attached hydrogens (tertiary/aromatic N) is 2. The minimum Gasteiger partial charge on any atom is -0.338 e. The third-order valence-corrected chi connectivity index (χ3v) is 5.56. The van der Waals surface area contributed by atoms with Crippen molar-refractivity contribution < 1.29 is 4.39 Å². The van der Waals surface area contributed by atoms with Gasteiger partial charge in [-0.2, -0.15) is 0 Å². The van der Waals surface area contributed by atoms with Gasteiger partial charge in [0.2, 0.25) is 0 Å². The standard InChI is InChI=1S/C27H23FN4/c28-24-9-10-25-26(17-24)32-27(31-25)23-7-5-22(6-8-23)21-3-1-20(2-4-21)18-30-16-13-19-11-14-29-15-12-19/h1-12,14-15,17,30H,13,16,18H2,(H,31,32). The van der Waals surface area contributed by atoms with Crippen molar-refractivity contribution in [3.8, 4) is 22.5 Å². The number of rotatable bonds is 7. The Morgan fingerprint density at radius 3 is 2.19 bits per heavy atom. The Balaban J connectivity index is 1.21. The fraction of sp³-hybridized carbons (Fsp3) is 0.111. The van der Waals surface area contributed by atoms with Gasteiger partial charge in [-0.25, -0.2) is 9.37 Å². The molecule has 2 aromatic heterocycles. The lowest BCUT2D eigenvalue weighted by Crippen LogP contribution is -2.16. The zero-order valence-electron chi connectivity index (χ0n) is 17.6. The van der Waals surface area contributed by atoms with Gasteiger partial charge in [-0.1, -0.05) is 48.5 Å². The average molecular weight is 423 g/mol. The maximum Gasteiger partial charge on any atom is 0.138 e. The predicted octanol–water partition coefficient (Wildman–Crippen LogP) is 5.76. The predicted molar refractivity (Wildman–Crippen MR) is 127 cm³/mol. The van der Waals surface area contributed by atoms with Crippen LogP contribution in [0.2, 0.25) is 0 Å². The van der Waals surface area contributed by atoms with E-state index < -0.39 is 0 Å². The van der Waals surface area contributed by atoms with E-state index in [0.717, 1.165) is 42.0 Å². The van der Waals surface area contributed by atoms with Gasteiger partial charge in [-0.05, 0) is 65.6 Å². The van der Waals surface area contributed by atoms with E-state index in [1.807, 2.05) is 24.5 Å². The molecule has 0 bridgehead atoms. The minimum absolute atomic E-state index is 0.268. The van der Waals surface area contributed by atoms with Crippen molar-refractivity contribution in [2.45, 2.75) is 13.0 Å². The molecule has 0 aliphatic carbocycles. The van der Waals surface area contributed by atoms with Crippen molar-refractivity contribution in [1.82, 2.24) is 20.3 Å². The van der Waals surface area contributed by atoms with Gasteiger partial charge in [-0.15, -0.1) is 0 Å². The number of H-pyrrole nitrogens is 1. The third-order valence-electron chi connectivity index (χ3n) is 5.56. The normalized spacial score (nSPS) is 11.2. The summed E-state index contributed by atoms with van der Waals surface area (Å²) in [5.74, 6) is 0.473. The molecular formula is C27H23FN4. The van der Waals surface area contributed by atoms with Crippen molar-refractivity contribution in [1.29, 1.82) is 0 Å². The molecule has 158 valence electrons. The quantitative estimate of drug-likeness (QED) is 0.328. The Morgan fingerprint density at radius 2 is 1.44 bits per heavy atom. The summed E-state index contributed by atoms with van der Waals surface area (Å²) in [6.45, 7) is 1.78. The molecule has 5 aromatic rings. The highest BCUT2D eigenvalue weighted by Crippen LogP contribution is 2.25. The van der Waals surface area contributed by atoms with Crippen LogP contribution in [-0.2, 0) is 13.0 Å². The monoisotopic (exact) mass is 422 g/mol. The van der Waals surface area contributed by atoms with Gasteiger partial charge >= 0.3 is 0 Å². The first kappa shape index (κ1) is 20.1. The van der Waals surface area contributed by atoms with Gasteiger partial charge in [-0.3, -0.25) is 4.98 Å². The Labute approximate surface area is 186 Å². The van der Waals surface area contributed by atoms with Crippen molar-refractivity contribution in [2.24, 2.45) is 0 Å². The molecule has 0 aliphatic heterocycles. The van der Waals surface area contributed by atoms with E-state index in [0.29, 0.717) is 5.52 Å². The van der Waals surface area contributed by atoms with Crippen molar-refractivity contribution >= 4 is 11.0 Å². The lowest BCUT2D eigenvalue weighted by molar-refractivity contribution is 0.629. The smallest absolute Gasteiger partial charge is 0.138 e. The number of nitrogens with one attached hydrogen (secondary N) is 2. The van der Waals surface area contributed by atoms with Crippen LogP contribution >= 0.6 is 0 Å². The number of hydrogen-bond acceptors (Lipinski definition) is 3. The first-order valence-corrected chi connectivity index (χ1v) is 10.7. The summed E-state index contributed by atoms with van der Waals surface area (Å²) in [7, 11) is 0. The van der Waals surface area contributed by atoms with E-state index in [1.165, 1.54) is 28.8 Å². The highest BCUT2D eigenvalue weighted by molar-refractivity contribution is 5.80. The molecule has 2 heterocycles. The summed E-state index contributed by atoms with van der Waals surface area (Å²) in [6.07, 6.45) is 4.66. The lowest BCUT2D eigenvalue weighted by Gasteiger charge is -2.07. The van der Waals surface area contributed by atoms with Crippen LogP contribution in [0.3, 0.4) is 0 Å². The van der Waals surface area contributed by atoms with Crippen LogP contribution in [0.5, 0.6) is 0 Å². The number of hydrogen-bond donors (Lipinski definition) is 2. The first-order chi connectivity index (χ1) is 15.7. The molecule has 3 aromatic carbocycles. The van der Waals surface area contributed by atoms with Crippen molar-refractivity contribution in [3.05, 3.63) is 108 Å². The van der Waals surface area contributed by atoms with Crippen LogP contribution in [0.4, 0.5) is 4.39 Å². The number of aromatic amines is 1. The van der Waals surface area contributed by atoms with E-state index in [9.17, 15) is 4.39 Å². The fourth-order valence-electron chi connectivity index (χ4n) is 3.77. The van der Waals surface area contributed by atoms with Crippen LogP contribution in [0.15, 0.2) is 91.3 Å². The van der Waals surface area contributed by atoms with E-state index in [2.05, 4.69) is 68.8 Å². The fourth-order valence-corrected chi connectivity index (χ4v) is 3.77. The number of fused-ring (bicyclic) bond motifs is 1. The highest BCUT2D eigenvalue weighted by Gasteiger charge is 2.07. The van der Waals surface area contributed by atoms with Gasteiger partial charge < -0.3 is 10.3 Å². The largest absolute Gasteiger partial charge is 0.338 e. The Hall–Kier alpha value is -3.83. The van der Waals surface area contributed by atoms with E-state index >= 15 is 0 Å². The molecule has 0 atom stereocenters. The summed E-state index contributed by atoms with van der Waals surface area (Å²) in [5.41, 5.74) is 7.30. The van der Waals surface area contributed by atoms with E-state index in [1.54, 1.807) is 6.07 Å². The summed E-state index contributed by atoms with van der Waals surface area (Å²) >= 11 is 0. The second-order valence-electron chi connectivity index (χ2n) is 7.80. The van der Waals surface area contributed by atoms with Crippen LogP contribution < -0.4 is 5.32 Å². The topological polar surface area (TPSA) is 53.6 Å². The molecule has 0 fully saturated rings. The van der Waals surface area contributed by atoms with Crippen molar-refractivity contribution in [3.63, 3.8) is 0 Å². The second-order valence-corrected chi connectivity index (χ2v) is 7.80. The molecule has 0 radical (unpaired) electrons. The molecule has 0 unspecified atom stereocenters. The van der Waals surface area contributed by atoms with Crippen LogP contribution in [0.25, 0.3) is 33.5 Å². The molecule has 0 saturated carbocycles. The summed E-state index contributed by atoms with van der Waals surface area (Å²) in [4.78, 5) is 11.8. The molecule has 0 spiro atoms. The zero-order chi connectivity index (χ0) is 21.8. The van der Waals surface area contributed by atoms with Crippen LogP contribution in [-0.4, -0.2) is 21.5 Å². The molecule has 4 nitrogen and oxygen atoms in total. The molecule has 0 saturated heterocycles. The molecule has 5 heteroatoms. The van der Waals surface area contributed by atoms with Gasteiger partial charge in [0.25, 0.3) is 0 Å². The summed E-state index contributed by atoms with van der Waals surface area (Å²) in [5, 5.41) is 3.50.